The summed E-state index contributed by atoms with van der Waals surface area (Å²) in [5, 5.41) is 0.796. The fourth-order valence-electron chi connectivity index (χ4n) is 3.96. The molecule has 0 atom stereocenters. The van der Waals surface area contributed by atoms with Crippen LogP contribution in [0.15, 0.2) is 46.3 Å². The van der Waals surface area contributed by atoms with Gasteiger partial charge in [0.2, 0.25) is 0 Å². The Bertz CT molecular complexity index is 1020. The van der Waals surface area contributed by atoms with Crippen LogP contribution in [0, 0.1) is 14.1 Å². The summed E-state index contributed by atoms with van der Waals surface area (Å²) in [7, 11) is 1.68. The molecule has 1 aliphatic heterocycles. The molecular formula is C24H24I2N2O2S. The van der Waals surface area contributed by atoms with Crippen molar-refractivity contribution < 1.29 is 9.53 Å². The Morgan fingerprint density at radius 2 is 1.74 bits per heavy atom. The molecule has 1 saturated carbocycles. The van der Waals surface area contributed by atoms with Gasteiger partial charge in [-0.25, -0.2) is 4.99 Å². The highest BCUT2D eigenvalue weighted by Crippen LogP contribution is 2.39. The van der Waals surface area contributed by atoms with Crippen LogP contribution in [0.4, 0.5) is 5.69 Å². The van der Waals surface area contributed by atoms with Gasteiger partial charge in [0.25, 0.3) is 5.91 Å². The van der Waals surface area contributed by atoms with Gasteiger partial charge < -0.3 is 4.74 Å². The van der Waals surface area contributed by atoms with Gasteiger partial charge >= 0.3 is 0 Å². The van der Waals surface area contributed by atoms with E-state index in [0.29, 0.717) is 0 Å². The van der Waals surface area contributed by atoms with Crippen LogP contribution < -0.4 is 4.74 Å². The molecule has 0 aromatic heterocycles. The second-order valence-corrected chi connectivity index (χ2v) is 11.2. The Balaban J connectivity index is 1.71. The summed E-state index contributed by atoms with van der Waals surface area (Å²) >= 11 is 6.05. The lowest BCUT2D eigenvalue weighted by Crippen LogP contribution is -2.40. The molecule has 2 aromatic carbocycles. The number of hydrogen-bond acceptors (Lipinski definition) is 4. The molecule has 4 nitrogen and oxygen atoms in total. The topological polar surface area (TPSA) is 41.9 Å². The number of amides is 1. The maximum Gasteiger partial charge on any atom is 0.267 e. The molecule has 0 N–H and O–H groups in total. The zero-order valence-corrected chi connectivity index (χ0v) is 22.7. The summed E-state index contributed by atoms with van der Waals surface area (Å²) in [4.78, 5) is 21.0. The zero-order chi connectivity index (χ0) is 22.0. The number of amidine groups is 1. The van der Waals surface area contributed by atoms with E-state index in [2.05, 4.69) is 76.4 Å². The summed E-state index contributed by atoms with van der Waals surface area (Å²) in [5.41, 5.74) is 3.09. The number of ether oxygens (including phenoxy) is 1. The molecule has 2 aliphatic rings. The predicted molar refractivity (Wildman–Crippen MR) is 146 cm³/mol. The third-order valence-corrected chi connectivity index (χ3v) is 8.14. The molecular weight excluding hydrogens is 634 g/mol. The van der Waals surface area contributed by atoms with Gasteiger partial charge in [0.1, 0.15) is 5.75 Å². The highest BCUT2D eigenvalue weighted by molar-refractivity contribution is 14.1. The first-order valence-corrected chi connectivity index (χ1v) is 13.3. The standard InChI is InChI=1S/C24H24I2N2O2S/c1-15-8-10-17(11-9-15)27-24-28(18-6-4-3-5-7-18)23(29)21(31-24)14-16-12-19(25)22(30-2)20(26)13-16/h8-14,18H,3-7H2,1-2H3/b21-14+,27-24?. The number of methoxy groups -OCH3 is 1. The van der Waals surface area contributed by atoms with Crippen molar-refractivity contribution in [1.29, 1.82) is 0 Å². The Labute approximate surface area is 215 Å². The van der Waals surface area contributed by atoms with E-state index in [4.69, 9.17) is 9.73 Å². The van der Waals surface area contributed by atoms with Gasteiger partial charge in [-0.2, -0.15) is 0 Å². The molecule has 2 fully saturated rings. The van der Waals surface area contributed by atoms with Gasteiger partial charge in [-0.05, 0) is 113 Å². The maximum atomic E-state index is 13.5. The highest BCUT2D eigenvalue weighted by atomic mass is 127. The molecule has 162 valence electrons. The zero-order valence-electron chi connectivity index (χ0n) is 17.5. The van der Waals surface area contributed by atoms with E-state index in [1.54, 1.807) is 7.11 Å². The summed E-state index contributed by atoms with van der Waals surface area (Å²) < 4.78 is 7.54. The van der Waals surface area contributed by atoms with Crippen LogP contribution in [0.2, 0.25) is 0 Å². The number of rotatable bonds is 4. The number of nitrogens with zero attached hydrogens (tertiary/aromatic N) is 2. The number of benzene rings is 2. The van der Waals surface area contributed by atoms with Gasteiger partial charge in [0.05, 0.1) is 24.8 Å². The smallest absolute Gasteiger partial charge is 0.267 e. The quantitative estimate of drug-likeness (QED) is 0.259. The molecule has 31 heavy (non-hydrogen) atoms. The number of carbonyl (C=O) groups is 1. The molecule has 1 heterocycles. The van der Waals surface area contributed by atoms with Gasteiger partial charge in [-0.1, -0.05) is 37.0 Å². The Kier molecular flexibility index (Phi) is 7.64. The molecule has 0 radical (unpaired) electrons. The molecule has 0 spiro atoms. The maximum absolute atomic E-state index is 13.5. The fraction of sp³-hybridized carbons (Fsp3) is 0.333. The van der Waals surface area contributed by atoms with Crippen LogP contribution in [0.1, 0.15) is 43.2 Å². The van der Waals surface area contributed by atoms with Crippen LogP contribution in [-0.4, -0.2) is 29.1 Å². The average Bonchev–Trinajstić information content (AvgIpc) is 3.05. The fourth-order valence-corrected chi connectivity index (χ4v) is 7.28. The van der Waals surface area contributed by atoms with Crippen LogP contribution in [-0.2, 0) is 4.79 Å². The van der Waals surface area contributed by atoms with E-state index >= 15 is 0 Å². The van der Waals surface area contributed by atoms with Crippen molar-refractivity contribution in [2.75, 3.05) is 7.11 Å². The monoisotopic (exact) mass is 658 g/mol. The van der Waals surface area contributed by atoms with Crippen molar-refractivity contribution in [3.63, 3.8) is 0 Å². The van der Waals surface area contributed by atoms with E-state index in [1.165, 1.54) is 36.6 Å². The minimum Gasteiger partial charge on any atom is -0.495 e. The third-order valence-electron chi connectivity index (χ3n) is 5.56. The molecule has 0 bridgehead atoms. The lowest BCUT2D eigenvalue weighted by molar-refractivity contribution is -0.124. The van der Waals surface area contributed by atoms with Crippen molar-refractivity contribution in [3.05, 3.63) is 59.6 Å². The highest BCUT2D eigenvalue weighted by Gasteiger charge is 2.38. The molecule has 1 amide bonds. The third kappa shape index (κ3) is 5.30. The van der Waals surface area contributed by atoms with Crippen LogP contribution in [0.3, 0.4) is 0 Å². The van der Waals surface area contributed by atoms with Crippen LogP contribution in [0.5, 0.6) is 5.75 Å². The van der Waals surface area contributed by atoms with Gasteiger partial charge in [-0.3, -0.25) is 9.69 Å². The molecule has 2 aromatic rings. The lowest BCUT2D eigenvalue weighted by Gasteiger charge is -2.30. The number of hydrogen-bond donors (Lipinski definition) is 0. The van der Waals surface area contributed by atoms with Crippen molar-refractivity contribution in [3.8, 4) is 5.75 Å². The van der Waals surface area contributed by atoms with Crippen molar-refractivity contribution in [2.24, 2.45) is 4.99 Å². The summed E-state index contributed by atoms with van der Waals surface area (Å²) in [5.74, 6) is 0.947. The second-order valence-electron chi connectivity index (χ2n) is 7.83. The number of aryl methyl sites for hydroxylation is 1. The lowest BCUT2D eigenvalue weighted by atomic mass is 9.94. The minimum absolute atomic E-state index is 0.0728. The summed E-state index contributed by atoms with van der Waals surface area (Å²) in [6.45, 7) is 2.07. The summed E-state index contributed by atoms with van der Waals surface area (Å²) in [6, 6.07) is 12.5. The number of carbonyl (C=O) groups excluding carboxylic acids is 1. The van der Waals surface area contributed by atoms with Crippen molar-refractivity contribution >= 4 is 79.8 Å². The number of halogens is 2. The molecule has 7 heteroatoms. The number of aliphatic imine (C=N–C) groups is 1. The largest absolute Gasteiger partial charge is 0.495 e. The van der Waals surface area contributed by atoms with E-state index in [-0.39, 0.29) is 11.9 Å². The molecule has 0 unspecified atom stereocenters. The first kappa shape index (κ1) is 23.1. The first-order valence-electron chi connectivity index (χ1n) is 10.4. The molecule has 1 aliphatic carbocycles. The van der Waals surface area contributed by atoms with Gasteiger partial charge in [0, 0.05) is 6.04 Å². The average molecular weight is 658 g/mol. The number of thioether (sulfide) groups is 1. The first-order chi connectivity index (χ1) is 15.0. The second kappa shape index (κ2) is 10.2. The summed E-state index contributed by atoms with van der Waals surface area (Å²) in [6.07, 6.45) is 7.68. The Morgan fingerprint density at radius 3 is 2.35 bits per heavy atom. The van der Waals surface area contributed by atoms with Crippen molar-refractivity contribution in [1.82, 2.24) is 4.90 Å². The van der Waals surface area contributed by atoms with E-state index in [0.717, 1.165) is 47.1 Å². The van der Waals surface area contributed by atoms with Gasteiger partial charge in [0.15, 0.2) is 5.17 Å². The SMILES string of the molecule is COc1c(I)cc(/C=C2/SC(=Nc3ccc(C)cc3)N(C3CCCCC3)C2=O)cc1I. The Morgan fingerprint density at radius 1 is 1.10 bits per heavy atom. The van der Waals surface area contributed by atoms with Gasteiger partial charge in [-0.15, -0.1) is 0 Å². The molecule has 1 saturated heterocycles. The van der Waals surface area contributed by atoms with E-state index in [1.807, 2.05) is 23.1 Å². The predicted octanol–water partition coefficient (Wildman–Crippen LogP) is 7.15. The molecule has 4 rings (SSSR count). The normalized spacial score (nSPS) is 20.1. The van der Waals surface area contributed by atoms with Crippen LogP contribution >= 0.6 is 56.9 Å². The minimum atomic E-state index is 0.0728. The van der Waals surface area contributed by atoms with Crippen LogP contribution in [0.25, 0.3) is 6.08 Å². The van der Waals surface area contributed by atoms with E-state index < -0.39 is 0 Å². The Hall–Kier alpha value is -1.07. The van der Waals surface area contributed by atoms with E-state index in [9.17, 15) is 4.79 Å². The van der Waals surface area contributed by atoms with Crippen molar-refractivity contribution in [2.45, 2.75) is 45.1 Å².